The Hall–Kier alpha value is -2.80. The molecule has 3 rings (SSSR count). The molecule has 6 nitrogen and oxygen atoms in total. The second-order valence-electron chi connectivity index (χ2n) is 5.08. The van der Waals surface area contributed by atoms with E-state index in [1.165, 1.54) is 6.26 Å². The summed E-state index contributed by atoms with van der Waals surface area (Å²) in [4.78, 5) is 11.8. The lowest BCUT2D eigenvalue weighted by atomic mass is 10.1. The highest BCUT2D eigenvalue weighted by molar-refractivity contribution is 7.92. The molecule has 0 saturated carbocycles. The molecule has 0 aliphatic heterocycles. The minimum Gasteiger partial charge on any atom is -0.386 e. The van der Waals surface area contributed by atoms with Gasteiger partial charge >= 0.3 is 0 Å². The summed E-state index contributed by atoms with van der Waals surface area (Å²) in [6, 6.07) is 13.1. The lowest BCUT2D eigenvalue weighted by molar-refractivity contribution is 0.414. The number of H-pyrrole nitrogens is 1. The Morgan fingerprint density at radius 2 is 1.83 bits per heavy atom. The molecule has 0 unspecified atom stereocenters. The number of hydrogen-bond acceptors (Lipinski definition) is 4. The summed E-state index contributed by atoms with van der Waals surface area (Å²) in [7, 11) is -3.69. The van der Waals surface area contributed by atoms with Crippen molar-refractivity contribution in [3.8, 4) is 11.1 Å². The summed E-state index contributed by atoms with van der Waals surface area (Å²) < 4.78 is 32.0. The summed E-state index contributed by atoms with van der Waals surface area (Å²) in [5, 5.41) is 2.20. The highest BCUT2D eigenvalue weighted by atomic mass is 32.2. The minimum atomic E-state index is -3.69. The van der Waals surface area contributed by atoms with Crippen molar-refractivity contribution in [1.29, 1.82) is 0 Å². The van der Waals surface area contributed by atoms with Gasteiger partial charge in [-0.05, 0) is 36.8 Å². The van der Waals surface area contributed by atoms with Crippen LogP contribution in [0.4, 0.5) is 5.69 Å². The number of aromatic amines is 1. The molecule has 0 aliphatic carbocycles. The Bertz CT molecular complexity index is 985. The Kier molecular flexibility index (Phi) is 3.79. The van der Waals surface area contributed by atoms with Gasteiger partial charge in [0, 0.05) is 5.69 Å². The summed E-state index contributed by atoms with van der Waals surface area (Å²) >= 11 is 0. The second kappa shape index (κ2) is 5.77. The van der Waals surface area contributed by atoms with Crippen LogP contribution in [-0.4, -0.2) is 13.6 Å². The molecule has 0 radical (unpaired) electrons. The van der Waals surface area contributed by atoms with Crippen molar-refractivity contribution in [3.05, 3.63) is 70.7 Å². The largest absolute Gasteiger partial charge is 0.386 e. The van der Waals surface area contributed by atoms with E-state index in [0.717, 1.165) is 5.56 Å². The van der Waals surface area contributed by atoms with Crippen LogP contribution in [0, 0.1) is 6.92 Å². The van der Waals surface area contributed by atoms with Gasteiger partial charge in [0.25, 0.3) is 15.6 Å². The standard InChI is InChI=1S/C16H14N2O4S/c1-11-5-7-14(8-6-11)23(20,21)18-13-4-2-3-12(9-13)15-10-22-17-16(15)19/h2-10,18H,1H3,(H,17,19). The molecule has 0 aliphatic rings. The van der Waals surface area contributed by atoms with Crippen LogP contribution in [0.25, 0.3) is 11.1 Å². The molecule has 0 bridgehead atoms. The van der Waals surface area contributed by atoms with Gasteiger partial charge in [0.2, 0.25) is 0 Å². The summed E-state index contributed by atoms with van der Waals surface area (Å²) in [5.74, 6) is 0. The third-order valence-corrected chi connectivity index (χ3v) is 4.73. The molecule has 7 heteroatoms. The second-order valence-corrected chi connectivity index (χ2v) is 6.76. The molecule has 2 aromatic carbocycles. The number of sulfonamides is 1. The third-order valence-electron chi connectivity index (χ3n) is 3.33. The predicted octanol–water partition coefficient (Wildman–Crippen LogP) is 2.74. The Morgan fingerprint density at radius 1 is 1.09 bits per heavy atom. The van der Waals surface area contributed by atoms with Crippen molar-refractivity contribution in [3.63, 3.8) is 0 Å². The number of aryl methyl sites for hydroxylation is 1. The zero-order chi connectivity index (χ0) is 16.4. The van der Waals surface area contributed by atoms with Gasteiger partial charge in [-0.2, -0.15) is 5.16 Å². The number of aromatic nitrogens is 1. The normalized spacial score (nSPS) is 11.3. The van der Waals surface area contributed by atoms with E-state index in [1.54, 1.807) is 48.5 Å². The van der Waals surface area contributed by atoms with Gasteiger partial charge in [0.15, 0.2) is 0 Å². The van der Waals surface area contributed by atoms with Crippen molar-refractivity contribution in [2.45, 2.75) is 11.8 Å². The van der Waals surface area contributed by atoms with Gasteiger partial charge in [-0.25, -0.2) is 8.42 Å². The quantitative estimate of drug-likeness (QED) is 0.769. The van der Waals surface area contributed by atoms with E-state index in [-0.39, 0.29) is 10.5 Å². The Labute approximate surface area is 132 Å². The third kappa shape index (κ3) is 3.19. The number of hydrogen-bond donors (Lipinski definition) is 2. The molecule has 1 heterocycles. The average molecular weight is 330 g/mol. The summed E-state index contributed by atoms with van der Waals surface area (Å²) in [6.07, 6.45) is 1.29. The zero-order valence-electron chi connectivity index (χ0n) is 12.2. The van der Waals surface area contributed by atoms with Gasteiger partial charge in [-0.1, -0.05) is 29.8 Å². The molecule has 118 valence electrons. The molecule has 0 atom stereocenters. The van der Waals surface area contributed by atoms with Gasteiger partial charge in [0.1, 0.15) is 6.26 Å². The van der Waals surface area contributed by atoms with Crippen molar-refractivity contribution in [2.24, 2.45) is 0 Å². The molecule has 0 amide bonds. The van der Waals surface area contributed by atoms with Gasteiger partial charge in [0.05, 0.1) is 10.5 Å². The minimum absolute atomic E-state index is 0.176. The fourth-order valence-corrected chi connectivity index (χ4v) is 3.18. The number of rotatable bonds is 4. The topological polar surface area (TPSA) is 92.2 Å². The maximum absolute atomic E-state index is 12.4. The van der Waals surface area contributed by atoms with E-state index >= 15 is 0 Å². The number of anilines is 1. The highest BCUT2D eigenvalue weighted by Gasteiger charge is 2.14. The lowest BCUT2D eigenvalue weighted by Gasteiger charge is -2.09. The molecule has 0 spiro atoms. The first-order chi connectivity index (χ1) is 11.0. The van der Waals surface area contributed by atoms with Crippen LogP contribution in [0.5, 0.6) is 0 Å². The van der Waals surface area contributed by atoms with E-state index in [4.69, 9.17) is 4.52 Å². The first-order valence-corrected chi connectivity index (χ1v) is 8.30. The van der Waals surface area contributed by atoms with E-state index in [0.29, 0.717) is 16.8 Å². The van der Waals surface area contributed by atoms with Gasteiger partial charge in [-0.15, -0.1) is 0 Å². The Balaban J connectivity index is 1.93. The van der Waals surface area contributed by atoms with E-state index in [9.17, 15) is 13.2 Å². The maximum Gasteiger partial charge on any atom is 0.287 e. The fourth-order valence-electron chi connectivity index (χ4n) is 2.13. The van der Waals surface area contributed by atoms with E-state index in [2.05, 4.69) is 9.88 Å². The van der Waals surface area contributed by atoms with Crippen LogP contribution in [0.15, 0.2) is 69.0 Å². The summed E-state index contributed by atoms with van der Waals surface area (Å²) in [5.41, 5.74) is 1.86. The first-order valence-electron chi connectivity index (χ1n) is 6.82. The van der Waals surface area contributed by atoms with Crippen LogP contribution in [0.3, 0.4) is 0 Å². The molecule has 0 fully saturated rings. The molecule has 1 aromatic heterocycles. The molecule has 0 saturated heterocycles. The predicted molar refractivity (Wildman–Crippen MR) is 86.8 cm³/mol. The first kappa shape index (κ1) is 15.1. The van der Waals surface area contributed by atoms with Crippen molar-refractivity contribution in [1.82, 2.24) is 5.16 Å². The van der Waals surface area contributed by atoms with Crippen LogP contribution in [0.1, 0.15) is 5.56 Å². The van der Waals surface area contributed by atoms with Crippen LogP contribution >= 0.6 is 0 Å². The van der Waals surface area contributed by atoms with Crippen molar-refractivity contribution < 1.29 is 12.9 Å². The summed E-state index contributed by atoms with van der Waals surface area (Å²) in [6.45, 7) is 1.88. The SMILES string of the molecule is Cc1ccc(S(=O)(=O)Nc2cccc(-c3co[nH]c3=O)c2)cc1. The monoisotopic (exact) mass is 330 g/mol. The highest BCUT2D eigenvalue weighted by Crippen LogP contribution is 2.22. The zero-order valence-corrected chi connectivity index (χ0v) is 13.1. The maximum atomic E-state index is 12.4. The lowest BCUT2D eigenvalue weighted by Crippen LogP contribution is -2.13. The Morgan fingerprint density at radius 3 is 2.48 bits per heavy atom. The average Bonchev–Trinajstić information content (AvgIpc) is 2.94. The van der Waals surface area contributed by atoms with Crippen LogP contribution in [0.2, 0.25) is 0 Å². The molecule has 2 N–H and O–H groups in total. The number of benzene rings is 2. The molecule has 23 heavy (non-hydrogen) atoms. The van der Waals surface area contributed by atoms with E-state index in [1.807, 2.05) is 6.92 Å². The van der Waals surface area contributed by atoms with Crippen LogP contribution in [-0.2, 0) is 10.0 Å². The van der Waals surface area contributed by atoms with E-state index < -0.39 is 10.0 Å². The van der Waals surface area contributed by atoms with Crippen LogP contribution < -0.4 is 10.3 Å². The van der Waals surface area contributed by atoms with Gasteiger partial charge < -0.3 is 4.52 Å². The number of nitrogens with one attached hydrogen (secondary N) is 2. The molecular weight excluding hydrogens is 316 g/mol. The smallest absolute Gasteiger partial charge is 0.287 e. The molecule has 3 aromatic rings. The van der Waals surface area contributed by atoms with Crippen molar-refractivity contribution >= 4 is 15.7 Å². The van der Waals surface area contributed by atoms with Gasteiger partial charge in [-0.3, -0.25) is 9.52 Å². The fraction of sp³-hybridized carbons (Fsp3) is 0.0625. The molecular formula is C16H14N2O4S. The van der Waals surface area contributed by atoms with Crippen molar-refractivity contribution in [2.75, 3.05) is 4.72 Å².